The van der Waals surface area contributed by atoms with E-state index in [1.807, 2.05) is 45.7 Å². The van der Waals surface area contributed by atoms with E-state index in [0.717, 1.165) is 63.1 Å². The Hall–Kier alpha value is -5.64. The second-order valence-electron chi connectivity index (χ2n) is 16.0. The highest BCUT2D eigenvalue weighted by molar-refractivity contribution is 5.88. The van der Waals surface area contributed by atoms with E-state index in [2.05, 4.69) is 107 Å². The van der Waals surface area contributed by atoms with Gasteiger partial charge in [0.15, 0.2) is 11.3 Å². The normalized spacial score (nSPS) is 20.0. The Kier molecular flexibility index (Phi) is 10.1. The van der Waals surface area contributed by atoms with Gasteiger partial charge in [-0.25, -0.2) is 19.0 Å². The van der Waals surface area contributed by atoms with Crippen LogP contribution in [0.25, 0.3) is 55.9 Å². The smallest absolute Gasteiger partial charge is 0.154 e. The molecule has 6 aromatic heterocycles. The molecular weight excluding hydrogens is 681 g/mol. The molecule has 10 nitrogen and oxygen atoms in total. The monoisotopic (exact) mass is 734 g/mol. The number of H-pyrrole nitrogens is 2. The quantitative estimate of drug-likeness (QED) is 0.135. The highest BCUT2D eigenvalue weighted by Crippen LogP contribution is 2.30. The van der Waals surface area contributed by atoms with Crippen molar-refractivity contribution in [3.8, 4) is 22.8 Å². The molecule has 0 amide bonds. The third kappa shape index (κ3) is 7.55. The Balaban J connectivity index is 0.000000153. The lowest BCUT2D eigenvalue weighted by Gasteiger charge is -2.27. The molecule has 8 aromatic rings. The van der Waals surface area contributed by atoms with Crippen molar-refractivity contribution in [1.29, 1.82) is 0 Å². The number of aromatic amines is 2. The van der Waals surface area contributed by atoms with Crippen LogP contribution in [0.1, 0.15) is 83.8 Å². The molecule has 4 N–H and O–H groups in total. The Morgan fingerprint density at radius 2 is 1.15 bits per heavy atom. The number of nitrogens with one attached hydrogen (secondary N) is 4. The van der Waals surface area contributed by atoms with Gasteiger partial charge in [-0.2, -0.15) is 0 Å². The van der Waals surface area contributed by atoms with Gasteiger partial charge in [-0.1, -0.05) is 51.1 Å². The molecular formula is C45H54N10. The summed E-state index contributed by atoms with van der Waals surface area (Å²) in [6, 6.07) is 26.4. The molecule has 10 heteroatoms. The highest BCUT2D eigenvalue weighted by atomic mass is 15.3. The van der Waals surface area contributed by atoms with Crippen LogP contribution in [0.4, 0.5) is 11.6 Å². The third-order valence-electron chi connectivity index (χ3n) is 11.7. The summed E-state index contributed by atoms with van der Waals surface area (Å²) in [5.74, 6) is 3.55. The Morgan fingerprint density at radius 1 is 0.600 bits per heavy atom. The molecule has 0 radical (unpaired) electrons. The van der Waals surface area contributed by atoms with Crippen LogP contribution < -0.4 is 10.6 Å². The lowest BCUT2D eigenvalue weighted by atomic mass is 9.87. The van der Waals surface area contributed by atoms with Gasteiger partial charge in [0, 0.05) is 33.9 Å². The summed E-state index contributed by atoms with van der Waals surface area (Å²) >= 11 is 0. The number of imidazole rings is 2. The fraction of sp³-hybridized carbons (Fsp3) is 0.378. The van der Waals surface area contributed by atoms with Crippen molar-refractivity contribution in [1.82, 2.24) is 39.2 Å². The van der Waals surface area contributed by atoms with E-state index < -0.39 is 0 Å². The van der Waals surface area contributed by atoms with Crippen molar-refractivity contribution in [3.05, 3.63) is 96.3 Å². The fourth-order valence-electron chi connectivity index (χ4n) is 8.33. The predicted molar refractivity (Wildman–Crippen MR) is 227 cm³/mol. The molecule has 0 spiro atoms. The number of aryl methyl sites for hydroxylation is 2. The maximum atomic E-state index is 4.84. The van der Waals surface area contributed by atoms with Crippen LogP contribution in [0.3, 0.4) is 0 Å². The molecule has 0 atom stereocenters. The number of fused-ring (bicyclic) bond motifs is 4. The average molecular weight is 735 g/mol. The molecule has 2 saturated carbocycles. The second kappa shape index (κ2) is 15.2. The molecule has 2 aliphatic carbocycles. The third-order valence-corrected chi connectivity index (χ3v) is 11.7. The molecule has 6 heterocycles. The molecule has 0 saturated heterocycles. The number of nitrogens with zero attached hydrogens (tertiary/aromatic N) is 6. The SMILES string of the molecule is C.Cc1ccc2[nH]c(-c3cnc4ccc(NC5CCC(C)CC5)nn34)cc2c1.Cc1cccc2cc(-c3cnc4ccc(NC5CCC(C)CC5)nn34)[nH]c12. The number of para-hydroxylation sites is 1. The van der Waals surface area contributed by atoms with E-state index in [1.165, 1.54) is 78.8 Å². The van der Waals surface area contributed by atoms with E-state index in [1.54, 1.807) is 0 Å². The maximum absolute atomic E-state index is 4.84. The Labute approximate surface area is 323 Å². The van der Waals surface area contributed by atoms with Crippen LogP contribution in [-0.4, -0.2) is 51.2 Å². The van der Waals surface area contributed by atoms with E-state index in [9.17, 15) is 0 Å². The van der Waals surface area contributed by atoms with Gasteiger partial charge in [-0.15, -0.1) is 10.2 Å². The van der Waals surface area contributed by atoms with Gasteiger partial charge < -0.3 is 20.6 Å². The summed E-state index contributed by atoms with van der Waals surface area (Å²) in [6.07, 6.45) is 13.9. The average Bonchev–Trinajstić information content (AvgIpc) is 3.98. The van der Waals surface area contributed by atoms with Gasteiger partial charge in [0.25, 0.3) is 0 Å². The highest BCUT2D eigenvalue weighted by Gasteiger charge is 2.20. The molecule has 0 aliphatic heterocycles. The molecule has 2 aromatic carbocycles. The number of benzene rings is 2. The van der Waals surface area contributed by atoms with Crippen molar-refractivity contribution in [2.24, 2.45) is 11.8 Å². The van der Waals surface area contributed by atoms with Crippen LogP contribution in [0.5, 0.6) is 0 Å². The largest absolute Gasteiger partial charge is 0.366 e. The summed E-state index contributed by atoms with van der Waals surface area (Å²) in [7, 11) is 0. The number of aromatic nitrogens is 8. The van der Waals surface area contributed by atoms with Gasteiger partial charge in [-0.05, 0) is 131 Å². The Bertz CT molecular complexity index is 2550. The number of hydrogen-bond donors (Lipinski definition) is 4. The van der Waals surface area contributed by atoms with Crippen LogP contribution >= 0.6 is 0 Å². The molecule has 0 unspecified atom stereocenters. The zero-order chi connectivity index (χ0) is 36.8. The van der Waals surface area contributed by atoms with Crippen molar-refractivity contribution in [3.63, 3.8) is 0 Å². The first-order chi connectivity index (χ1) is 26.3. The van der Waals surface area contributed by atoms with E-state index >= 15 is 0 Å². The summed E-state index contributed by atoms with van der Waals surface area (Å²) < 4.78 is 3.87. The minimum atomic E-state index is 0. The molecule has 2 fully saturated rings. The van der Waals surface area contributed by atoms with Gasteiger partial charge in [-0.3, -0.25) is 0 Å². The summed E-state index contributed by atoms with van der Waals surface area (Å²) in [6.45, 7) is 8.94. The van der Waals surface area contributed by atoms with Crippen molar-refractivity contribution in [2.45, 2.75) is 98.6 Å². The number of anilines is 2. The van der Waals surface area contributed by atoms with Crippen molar-refractivity contribution < 1.29 is 0 Å². The lowest BCUT2D eigenvalue weighted by molar-refractivity contribution is 0.360. The number of hydrogen-bond acceptors (Lipinski definition) is 6. The van der Waals surface area contributed by atoms with Gasteiger partial charge in [0.2, 0.25) is 0 Å². The first-order valence-corrected chi connectivity index (χ1v) is 19.7. The van der Waals surface area contributed by atoms with Crippen molar-refractivity contribution >= 4 is 44.7 Å². The predicted octanol–water partition coefficient (Wildman–Crippen LogP) is 11.0. The molecule has 284 valence electrons. The zero-order valence-corrected chi connectivity index (χ0v) is 31.7. The van der Waals surface area contributed by atoms with Gasteiger partial charge >= 0.3 is 0 Å². The summed E-state index contributed by atoms with van der Waals surface area (Å²) in [5, 5.41) is 19.4. The standard InChI is InChI=1S/2C22H25N5.CH4/c1-14-3-6-17(7-4-14)24-21-9-10-22-23-13-20(27(22)26-21)19-12-16-11-15(2)5-8-18(16)25-19;1-14-6-8-17(9-7-14)24-20-10-11-21-23-13-19(27(21)26-20)18-12-16-5-3-4-15(2)22(16)25-18;/h5,8-14,17,25H,3-4,6-7H2,1-2H3,(H,24,26);3-5,10-14,17,25H,6-9H2,1-2H3,(H,24,26);1H4. The van der Waals surface area contributed by atoms with Crippen LogP contribution in [0.2, 0.25) is 0 Å². The summed E-state index contributed by atoms with van der Waals surface area (Å²) in [4.78, 5) is 16.1. The first kappa shape index (κ1) is 36.3. The molecule has 55 heavy (non-hydrogen) atoms. The molecule has 2 aliphatic rings. The molecule has 0 bridgehead atoms. The first-order valence-electron chi connectivity index (χ1n) is 19.7. The minimum absolute atomic E-state index is 0. The second-order valence-corrected chi connectivity index (χ2v) is 16.0. The summed E-state index contributed by atoms with van der Waals surface area (Å²) in [5.41, 5.74) is 10.6. The van der Waals surface area contributed by atoms with Gasteiger partial charge in [0.1, 0.15) is 23.0 Å². The molecule has 10 rings (SSSR count). The number of rotatable bonds is 6. The van der Waals surface area contributed by atoms with E-state index in [0.29, 0.717) is 12.1 Å². The van der Waals surface area contributed by atoms with E-state index in [-0.39, 0.29) is 7.43 Å². The van der Waals surface area contributed by atoms with E-state index in [4.69, 9.17) is 10.2 Å². The van der Waals surface area contributed by atoms with Crippen LogP contribution in [-0.2, 0) is 0 Å². The van der Waals surface area contributed by atoms with Gasteiger partial charge in [0.05, 0.1) is 23.8 Å². The topological polar surface area (TPSA) is 116 Å². The van der Waals surface area contributed by atoms with Crippen LogP contribution in [0, 0.1) is 25.7 Å². The maximum Gasteiger partial charge on any atom is 0.154 e. The van der Waals surface area contributed by atoms with Crippen LogP contribution in [0.15, 0.2) is 85.2 Å². The zero-order valence-electron chi connectivity index (χ0n) is 31.7. The van der Waals surface area contributed by atoms with Crippen molar-refractivity contribution in [2.75, 3.05) is 10.6 Å². The lowest BCUT2D eigenvalue weighted by Crippen LogP contribution is -2.25. The fourth-order valence-corrected chi connectivity index (χ4v) is 8.33. The Morgan fingerprint density at radius 3 is 1.71 bits per heavy atom. The minimum Gasteiger partial charge on any atom is -0.366 e.